The van der Waals surface area contributed by atoms with Crippen LogP contribution in [-0.4, -0.2) is 56.2 Å². The van der Waals surface area contributed by atoms with Crippen LogP contribution in [-0.2, 0) is 19.1 Å². The molecular formula is C10H21NNaO4S. The predicted octanol–water partition coefficient (Wildman–Crippen LogP) is 0.798. The molecule has 0 aromatic rings. The van der Waals surface area contributed by atoms with Gasteiger partial charge in [-0.3, -0.25) is 4.79 Å². The summed E-state index contributed by atoms with van der Waals surface area (Å²) in [7, 11) is -3.75. The molecule has 0 saturated carbocycles. The third kappa shape index (κ3) is 12.6. The van der Waals surface area contributed by atoms with Gasteiger partial charge in [0.05, 0.1) is 5.75 Å². The summed E-state index contributed by atoms with van der Waals surface area (Å²) < 4.78 is 26.4. The Kier molecular flexibility index (Phi) is 13.3. The van der Waals surface area contributed by atoms with E-state index in [1.54, 1.807) is 0 Å². The average molecular weight is 274 g/mol. The predicted molar refractivity (Wildman–Crippen MR) is 68.1 cm³/mol. The van der Waals surface area contributed by atoms with Gasteiger partial charge in [-0.1, -0.05) is 32.6 Å². The van der Waals surface area contributed by atoms with E-state index in [0.717, 1.165) is 25.7 Å². The van der Waals surface area contributed by atoms with Gasteiger partial charge in [-0.2, -0.15) is 8.42 Å². The summed E-state index contributed by atoms with van der Waals surface area (Å²) in [5.41, 5.74) is 5.07. The topological polar surface area (TPSA) is 86.5 Å². The SMILES string of the molecule is CCCCCCCC(=O)OS(=O)(=O)CCN.[Na]. The molecule has 0 unspecified atom stereocenters. The first kappa shape index (κ1) is 19.7. The van der Waals surface area contributed by atoms with Crippen LogP contribution < -0.4 is 5.73 Å². The van der Waals surface area contributed by atoms with Crippen molar-refractivity contribution in [1.82, 2.24) is 0 Å². The van der Waals surface area contributed by atoms with Gasteiger partial charge in [0.1, 0.15) is 0 Å². The standard InChI is InChI=1S/C10H21NO4S.Na/c1-2-3-4-5-6-7-10(12)15-16(13,14)9-8-11;/h2-9,11H2,1H3;. The Morgan fingerprint density at radius 3 is 2.29 bits per heavy atom. The van der Waals surface area contributed by atoms with Crippen molar-refractivity contribution < 1.29 is 17.4 Å². The Labute approximate surface area is 126 Å². The van der Waals surface area contributed by atoms with E-state index in [-0.39, 0.29) is 48.3 Å². The second kappa shape index (κ2) is 11.5. The molecule has 1 radical (unpaired) electrons. The summed E-state index contributed by atoms with van der Waals surface area (Å²) in [4.78, 5) is 11.1. The zero-order valence-electron chi connectivity index (χ0n) is 10.8. The Morgan fingerprint density at radius 1 is 1.18 bits per heavy atom. The maximum atomic E-state index is 11.1. The number of carbonyl (C=O) groups excluding carboxylic acids is 1. The molecule has 0 aromatic heterocycles. The van der Waals surface area contributed by atoms with Crippen molar-refractivity contribution in [3.05, 3.63) is 0 Å². The number of hydrogen-bond donors (Lipinski definition) is 1. The maximum absolute atomic E-state index is 11.1. The van der Waals surface area contributed by atoms with Gasteiger partial charge in [0, 0.05) is 42.5 Å². The van der Waals surface area contributed by atoms with Gasteiger partial charge in [0.25, 0.3) is 0 Å². The number of rotatable bonds is 9. The fourth-order valence-electron chi connectivity index (χ4n) is 1.24. The molecule has 0 amide bonds. The van der Waals surface area contributed by atoms with E-state index in [2.05, 4.69) is 11.1 Å². The molecule has 0 aliphatic heterocycles. The van der Waals surface area contributed by atoms with E-state index in [1.165, 1.54) is 0 Å². The summed E-state index contributed by atoms with van der Waals surface area (Å²) in [6.07, 6.45) is 5.11. The summed E-state index contributed by atoms with van der Waals surface area (Å²) in [6.45, 7) is 2.07. The normalized spacial score (nSPS) is 10.7. The molecule has 0 heterocycles. The summed E-state index contributed by atoms with van der Waals surface area (Å²) in [5, 5.41) is 0. The first-order valence-electron chi connectivity index (χ1n) is 5.67. The van der Waals surface area contributed by atoms with E-state index in [9.17, 15) is 13.2 Å². The smallest absolute Gasteiger partial charge is 0.322 e. The molecule has 0 spiro atoms. The summed E-state index contributed by atoms with van der Waals surface area (Å²) >= 11 is 0. The number of hydrogen-bond acceptors (Lipinski definition) is 5. The Balaban J connectivity index is 0. The quantitative estimate of drug-likeness (QED) is 0.382. The van der Waals surface area contributed by atoms with Gasteiger partial charge < -0.3 is 9.92 Å². The summed E-state index contributed by atoms with van der Waals surface area (Å²) in [5.74, 6) is -0.987. The van der Waals surface area contributed by atoms with Gasteiger partial charge in [-0.25, -0.2) is 0 Å². The molecule has 0 bridgehead atoms. The molecule has 0 fully saturated rings. The minimum Gasteiger partial charge on any atom is -0.346 e. The average Bonchev–Trinajstić information content (AvgIpc) is 2.16. The van der Waals surface area contributed by atoms with Gasteiger partial charge in [0.15, 0.2) is 0 Å². The molecule has 0 atom stereocenters. The largest absolute Gasteiger partial charge is 0.346 e. The van der Waals surface area contributed by atoms with Crippen LogP contribution in [0.15, 0.2) is 0 Å². The van der Waals surface area contributed by atoms with Crippen molar-refractivity contribution in [2.75, 3.05) is 12.3 Å². The molecule has 17 heavy (non-hydrogen) atoms. The number of nitrogens with two attached hydrogens (primary N) is 1. The van der Waals surface area contributed by atoms with Gasteiger partial charge >= 0.3 is 16.1 Å². The molecule has 0 aliphatic carbocycles. The maximum Gasteiger partial charge on any atom is 0.322 e. The van der Waals surface area contributed by atoms with Crippen LogP contribution in [0.1, 0.15) is 45.4 Å². The van der Waals surface area contributed by atoms with Crippen molar-refractivity contribution in [2.45, 2.75) is 45.4 Å². The third-order valence-corrected chi connectivity index (χ3v) is 3.25. The van der Waals surface area contributed by atoms with Crippen molar-refractivity contribution in [2.24, 2.45) is 5.73 Å². The number of unbranched alkanes of at least 4 members (excludes halogenated alkanes) is 4. The molecule has 0 saturated heterocycles. The molecule has 2 N–H and O–H groups in total. The van der Waals surface area contributed by atoms with Crippen LogP contribution in [0, 0.1) is 0 Å². The van der Waals surface area contributed by atoms with Crippen molar-refractivity contribution in [1.29, 1.82) is 0 Å². The minimum absolute atomic E-state index is 0. The second-order valence-corrected chi connectivity index (χ2v) is 5.36. The van der Waals surface area contributed by atoms with Crippen molar-refractivity contribution in [3.8, 4) is 0 Å². The van der Waals surface area contributed by atoms with Crippen LogP contribution in [0.2, 0.25) is 0 Å². The molecule has 0 aromatic carbocycles. The Bertz CT molecular complexity index is 293. The molecule has 5 nitrogen and oxygen atoms in total. The fourth-order valence-corrected chi connectivity index (χ4v) is 1.98. The van der Waals surface area contributed by atoms with E-state index >= 15 is 0 Å². The van der Waals surface area contributed by atoms with Crippen molar-refractivity contribution in [3.63, 3.8) is 0 Å². The van der Waals surface area contributed by atoms with E-state index < -0.39 is 16.1 Å². The number of carbonyl (C=O) groups is 1. The first-order chi connectivity index (χ1) is 7.52. The third-order valence-electron chi connectivity index (χ3n) is 2.07. The van der Waals surface area contributed by atoms with E-state index in [0.29, 0.717) is 6.42 Å². The first-order valence-corrected chi connectivity index (χ1v) is 7.24. The van der Waals surface area contributed by atoms with Gasteiger partial charge in [-0.05, 0) is 6.42 Å². The van der Waals surface area contributed by atoms with Crippen LogP contribution >= 0.6 is 0 Å². The zero-order chi connectivity index (χ0) is 12.4. The van der Waals surface area contributed by atoms with E-state index in [4.69, 9.17) is 5.73 Å². The van der Waals surface area contributed by atoms with Crippen LogP contribution in [0.5, 0.6) is 0 Å². The van der Waals surface area contributed by atoms with E-state index in [1.807, 2.05) is 0 Å². The van der Waals surface area contributed by atoms with Crippen molar-refractivity contribution >= 4 is 45.6 Å². The van der Waals surface area contributed by atoms with Gasteiger partial charge in [-0.15, -0.1) is 0 Å². The van der Waals surface area contributed by atoms with Crippen LogP contribution in [0.25, 0.3) is 0 Å². The monoisotopic (exact) mass is 274 g/mol. The second-order valence-electron chi connectivity index (χ2n) is 3.67. The van der Waals surface area contributed by atoms with Crippen LogP contribution in [0.3, 0.4) is 0 Å². The minimum atomic E-state index is -3.75. The van der Waals surface area contributed by atoms with Gasteiger partial charge in [0.2, 0.25) is 0 Å². The fraction of sp³-hybridized carbons (Fsp3) is 0.900. The summed E-state index contributed by atoms with van der Waals surface area (Å²) in [6, 6.07) is 0. The molecule has 97 valence electrons. The molecule has 7 heteroatoms. The molecule has 0 rings (SSSR count). The zero-order valence-corrected chi connectivity index (χ0v) is 13.6. The molecule has 0 aliphatic rings. The Morgan fingerprint density at radius 2 is 1.76 bits per heavy atom. The molecular weight excluding hydrogens is 253 g/mol. The Hall–Kier alpha value is 0.380. The van der Waals surface area contributed by atoms with Crippen LogP contribution in [0.4, 0.5) is 0 Å².